The smallest absolute Gasteiger partial charge is 0.213 e. The van der Waals surface area contributed by atoms with E-state index >= 15 is 0 Å². The largest absolute Gasteiger partial charge is 0.477 e. The van der Waals surface area contributed by atoms with Crippen LogP contribution in [0.2, 0.25) is 0 Å². The Labute approximate surface area is 150 Å². The van der Waals surface area contributed by atoms with Gasteiger partial charge < -0.3 is 19.7 Å². The highest BCUT2D eigenvalue weighted by Crippen LogP contribution is 2.29. The lowest BCUT2D eigenvalue weighted by Crippen LogP contribution is -2.40. The molecule has 1 atom stereocenters. The van der Waals surface area contributed by atoms with Gasteiger partial charge in [0.25, 0.3) is 0 Å². The first kappa shape index (κ1) is 18.0. The number of rotatable bonds is 8. The van der Waals surface area contributed by atoms with Gasteiger partial charge in [0.05, 0.1) is 19.8 Å². The summed E-state index contributed by atoms with van der Waals surface area (Å²) in [5, 5.41) is 3.40. The van der Waals surface area contributed by atoms with Crippen LogP contribution < -0.4 is 10.1 Å². The fraction of sp³-hybridized carbons (Fsp3) is 0.684. The molecule has 1 saturated heterocycles. The van der Waals surface area contributed by atoms with Crippen molar-refractivity contribution in [3.63, 3.8) is 0 Å². The van der Waals surface area contributed by atoms with Crippen molar-refractivity contribution >= 4 is 5.96 Å². The first-order valence-corrected chi connectivity index (χ1v) is 9.38. The second-order valence-electron chi connectivity index (χ2n) is 6.99. The molecule has 1 saturated carbocycles. The molecule has 2 aliphatic rings. The quantitative estimate of drug-likeness (QED) is 0.578. The van der Waals surface area contributed by atoms with Crippen molar-refractivity contribution in [1.82, 2.24) is 15.2 Å². The Morgan fingerprint density at radius 2 is 2.16 bits per heavy atom. The lowest BCUT2D eigenvalue weighted by atomic mass is 10.1. The Morgan fingerprint density at radius 3 is 2.84 bits per heavy atom. The highest BCUT2D eigenvalue weighted by atomic mass is 16.5. The molecule has 1 N–H and O–H groups in total. The number of hydrogen-bond donors (Lipinski definition) is 1. The Balaban J connectivity index is 1.53. The number of nitrogens with zero attached hydrogens (tertiary/aromatic N) is 3. The number of hydrogen-bond acceptors (Lipinski definition) is 4. The van der Waals surface area contributed by atoms with Gasteiger partial charge in [-0.1, -0.05) is 6.07 Å². The molecule has 25 heavy (non-hydrogen) atoms. The van der Waals surface area contributed by atoms with Crippen molar-refractivity contribution in [2.75, 3.05) is 40.0 Å². The molecule has 0 amide bonds. The molecule has 0 bridgehead atoms. The van der Waals surface area contributed by atoms with E-state index in [9.17, 15) is 0 Å². The van der Waals surface area contributed by atoms with Crippen LogP contribution in [0.3, 0.4) is 0 Å². The number of likely N-dealkylation sites (tertiary alicyclic amines) is 1. The molecular formula is C19H30N4O2. The monoisotopic (exact) mass is 346 g/mol. The third kappa shape index (κ3) is 5.59. The van der Waals surface area contributed by atoms with E-state index < -0.39 is 0 Å². The van der Waals surface area contributed by atoms with Crippen LogP contribution in [0.5, 0.6) is 5.88 Å². The van der Waals surface area contributed by atoms with Gasteiger partial charge in [0, 0.05) is 44.9 Å². The Hall–Kier alpha value is -1.82. The Kier molecular flexibility index (Phi) is 6.50. The van der Waals surface area contributed by atoms with Crippen molar-refractivity contribution in [2.45, 2.75) is 32.7 Å². The van der Waals surface area contributed by atoms with E-state index in [-0.39, 0.29) is 0 Å². The molecule has 3 rings (SSSR count). The summed E-state index contributed by atoms with van der Waals surface area (Å²) in [5.41, 5.74) is 1.10. The second-order valence-corrected chi connectivity index (χ2v) is 6.99. The van der Waals surface area contributed by atoms with E-state index in [1.165, 1.54) is 12.8 Å². The maximum Gasteiger partial charge on any atom is 0.213 e. The molecule has 2 fully saturated rings. The van der Waals surface area contributed by atoms with Gasteiger partial charge in [-0.05, 0) is 37.7 Å². The van der Waals surface area contributed by atoms with Crippen LogP contribution in [-0.4, -0.2) is 55.8 Å². The molecule has 6 nitrogen and oxygen atoms in total. The molecule has 2 heterocycles. The van der Waals surface area contributed by atoms with E-state index in [4.69, 9.17) is 14.5 Å². The maximum atomic E-state index is 5.69. The molecule has 1 aliphatic carbocycles. The zero-order valence-electron chi connectivity index (χ0n) is 15.4. The third-order valence-corrected chi connectivity index (χ3v) is 4.70. The van der Waals surface area contributed by atoms with Gasteiger partial charge in [-0.3, -0.25) is 0 Å². The lowest BCUT2D eigenvalue weighted by Gasteiger charge is -2.21. The SMILES string of the molecule is CCNC(=NCc1ccc(OCC2CC2)nc1)N1CCC(COC)C1. The van der Waals surface area contributed by atoms with E-state index in [2.05, 4.69) is 28.2 Å². The summed E-state index contributed by atoms with van der Waals surface area (Å²) in [6, 6.07) is 4.00. The maximum absolute atomic E-state index is 5.69. The van der Waals surface area contributed by atoms with E-state index in [0.29, 0.717) is 18.3 Å². The van der Waals surface area contributed by atoms with Gasteiger partial charge in [0.15, 0.2) is 5.96 Å². The van der Waals surface area contributed by atoms with Gasteiger partial charge in [-0.2, -0.15) is 0 Å². The summed E-state index contributed by atoms with van der Waals surface area (Å²) in [5.74, 6) is 3.04. The van der Waals surface area contributed by atoms with Crippen molar-refractivity contribution < 1.29 is 9.47 Å². The normalized spacial score (nSPS) is 20.8. The van der Waals surface area contributed by atoms with Crippen LogP contribution in [0.1, 0.15) is 31.7 Å². The molecule has 1 aliphatic heterocycles. The van der Waals surface area contributed by atoms with Crippen LogP contribution in [0.4, 0.5) is 0 Å². The molecule has 0 aromatic carbocycles. The van der Waals surface area contributed by atoms with Gasteiger partial charge in [0.2, 0.25) is 5.88 Å². The van der Waals surface area contributed by atoms with Crippen molar-refractivity contribution in [3.05, 3.63) is 23.9 Å². The van der Waals surface area contributed by atoms with Crippen molar-refractivity contribution in [2.24, 2.45) is 16.8 Å². The number of aliphatic imine (C=N–C) groups is 1. The first-order valence-electron chi connectivity index (χ1n) is 9.38. The lowest BCUT2D eigenvalue weighted by molar-refractivity contribution is 0.157. The molecule has 1 aromatic rings. The number of ether oxygens (including phenoxy) is 2. The molecular weight excluding hydrogens is 316 g/mol. The molecule has 1 aromatic heterocycles. The van der Waals surface area contributed by atoms with Crippen LogP contribution in [0, 0.1) is 11.8 Å². The first-order chi connectivity index (χ1) is 12.3. The summed E-state index contributed by atoms with van der Waals surface area (Å²) in [6.45, 7) is 7.26. The number of pyridine rings is 1. The minimum atomic E-state index is 0.596. The second kappa shape index (κ2) is 9.04. The average Bonchev–Trinajstić information content (AvgIpc) is 3.35. The molecule has 1 unspecified atom stereocenters. The highest BCUT2D eigenvalue weighted by molar-refractivity contribution is 5.80. The fourth-order valence-electron chi connectivity index (χ4n) is 3.07. The standard InChI is InChI=1S/C19H30N4O2/c1-3-20-19(23-9-8-17(12-23)13-24-2)22-11-16-6-7-18(21-10-16)25-14-15-4-5-15/h6-7,10,15,17H,3-5,8-9,11-14H2,1-2H3,(H,20,22). The minimum absolute atomic E-state index is 0.596. The van der Waals surface area contributed by atoms with Crippen LogP contribution in [0.25, 0.3) is 0 Å². The molecule has 6 heteroatoms. The zero-order valence-corrected chi connectivity index (χ0v) is 15.4. The zero-order chi connectivity index (χ0) is 17.5. The van der Waals surface area contributed by atoms with Crippen LogP contribution in [0.15, 0.2) is 23.3 Å². The Morgan fingerprint density at radius 1 is 1.28 bits per heavy atom. The molecule has 0 spiro atoms. The van der Waals surface area contributed by atoms with Gasteiger partial charge >= 0.3 is 0 Å². The topological polar surface area (TPSA) is 59.0 Å². The number of aromatic nitrogens is 1. The Bertz CT molecular complexity index is 557. The summed E-state index contributed by atoms with van der Waals surface area (Å²) >= 11 is 0. The number of nitrogens with one attached hydrogen (secondary N) is 1. The fourth-order valence-corrected chi connectivity index (χ4v) is 3.07. The van der Waals surface area contributed by atoms with Crippen LogP contribution in [-0.2, 0) is 11.3 Å². The molecule has 138 valence electrons. The van der Waals surface area contributed by atoms with E-state index in [1.54, 1.807) is 7.11 Å². The summed E-state index contributed by atoms with van der Waals surface area (Å²) < 4.78 is 11.0. The summed E-state index contributed by atoms with van der Waals surface area (Å²) in [4.78, 5) is 11.5. The minimum Gasteiger partial charge on any atom is -0.477 e. The number of methoxy groups -OCH3 is 1. The van der Waals surface area contributed by atoms with Gasteiger partial charge in [0.1, 0.15) is 0 Å². The van der Waals surface area contributed by atoms with Crippen molar-refractivity contribution in [3.8, 4) is 5.88 Å². The van der Waals surface area contributed by atoms with E-state index in [1.807, 2.05) is 12.3 Å². The predicted octanol–water partition coefficient (Wildman–Crippen LogP) is 2.30. The average molecular weight is 346 g/mol. The summed E-state index contributed by atoms with van der Waals surface area (Å²) in [6.07, 6.45) is 5.61. The number of guanidine groups is 1. The van der Waals surface area contributed by atoms with Crippen molar-refractivity contribution in [1.29, 1.82) is 0 Å². The molecule has 0 radical (unpaired) electrons. The third-order valence-electron chi connectivity index (χ3n) is 4.70. The van der Waals surface area contributed by atoms with Gasteiger partial charge in [-0.15, -0.1) is 0 Å². The van der Waals surface area contributed by atoms with E-state index in [0.717, 1.165) is 56.7 Å². The summed E-state index contributed by atoms with van der Waals surface area (Å²) in [7, 11) is 1.77. The highest BCUT2D eigenvalue weighted by Gasteiger charge is 2.24. The predicted molar refractivity (Wildman–Crippen MR) is 98.8 cm³/mol. The van der Waals surface area contributed by atoms with Crippen LogP contribution >= 0.6 is 0 Å². The van der Waals surface area contributed by atoms with Gasteiger partial charge in [-0.25, -0.2) is 9.98 Å².